The maximum absolute atomic E-state index is 12.3. The van der Waals surface area contributed by atoms with Crippen LogP contribution < -0.4 is 0 Å². The highest BCUT2D eigenvalue weighted by atomic mass is 16.6. The quantitative estimate of drug-likeness (QED) is 0.798. The topological polar surface area (TPSA) is 46.8 Å². The van der Waals surface area contributed by atoms with Crippen LogP contribution in [-0.2, 0) is 11.3 Å². The summed E-state index contributed by atoms with van der Waals surface area (Å²) in [5.74, 6) is 0.556. The SMILES string of the molecule is [C-]#[N+]c1cccc(C2CCCN(C(=O)OCc3ccccc3)C2)n1. The van der Waals surface area contributed by atoms with E-state index in [0.29, 0.717) is 18.9 Å². The Hall–Kier alpha value is -2.87. The lowest BCUT2D eigenvalue weighted by Gasteiger charge is -2.30. The average molecular weight is 321 g/mol. The van der Waals surface area contributed by atoms with Gasteiger partial charge < -0.3 is 14.5 Å². The molecule has 3 rings (SSSR count). The van der Waals surface area contributed by atoms with Crippen LogP contribution in [-0.4, -0.2) is 29.1 Å². The first-order valence-corrected chi connectivity index (χ1v) is 8.06. The van der Waals surface area contributed by atoms with Crippen LogP contribution in [0.15, 0.2) is 48.5 Å². The molecule has 0 bridgehead atoms. The molecule has 1 saturated heterocycles. The normalized spacial score (nSPS) is 17.1. The van der Waals surface area contributed by atoms with Gasteiger partial charge in [-0.1, -0.05) is 43.0 Å². The van der Waals surface area contributed by atoms with Gasteiger partial charge in [0.1, 0.15) is 12.3 Å². The molecule has 1 aromatic carbocycles. The van der Waals surface area contributed by atoms with Gasteiger partial charge in [-0.15, -0.1) is 4.98 Å². The van der Waals surface area contributed by atoms with Crippen LogP contribution in [0.2, 0.25) is 0 Å². The molecule has 0 aliphatic carbocycles. The summed E-state index contributed by atoms with van der Waals surface area (Å²) in [6.45, 7) is 8.65. The zero-order valence-corrected chi connectivity index (χ0v) is 13.4. The Morgan fingerprint density at radius 3 is 2.88 bits per heavy atom. The molecule has 0 spiro atoms. The van der Waals surface area contributed by atoms with E-state index >= 15 is 0 Å². The fourth-order valence-corrected chi connectivity index (χ4v) is 2.92. The predicted molar refractivity (Wildman–Crippen MR) is 90.7 cm³/mol. The second-order valence-corrected chi connectivity index (χ2v) is 5.86. The molecule has 24 heavy (non-hydrogen) atoms. The highest BCUT2D eigenvalue weighted by Crippen LogP contribution is 2.27. The van der Waals surface area contributed by atoms with E-state index in [1.165, 1.54) is 0 Å². The predicted octanol–water partition coefficient (Wildman–Crippen LogP) is 4.15. The number of likely N-dealkylation sites (tertiary alicyclic amines) is 1. The monoisotopic (exact) mass is 321 g/mol. The first-order valence-electron chi connectivity index (χ1n) is 8.06. The van der Waals surface area contributed by atoms with Crippen LogP contribution in [0.1, 0.15) is 30.0 Å². The first kappa shape index (κ1) is 16.0. The maximum Gasteiger partial charge on any atom is 0.410 e. The number of carbonyl (C=O) groups is 1. The van der Waals surface area contributed by atoms with Crippen molar-refractivity contribution < 1.29 is 9.53 Å². The van der Waals surface area contributed by atoms with E-state index in [2.05, 4.69) is 9.83 Å². The molecule has 0 radical (unpaired) electrons. The molecule has 2 aromatic rings. The van der Waals surface area contributed by atoms with Crippen LogP contribution in [0.4, 0.5) is 10.6 Å². The zero-order chi connectivity index (χ0) is 16.8. The van der Waals surface area contributed by atoms with Crippen molar-refractivity contribution in [2.24, 2.45) is 0 Å². The number of ether oxygens (including phenoxy) is 1. The summed E-state index contributed by atoms with van der Waals surface area (Å²) in [6, 6.07) is 15.1. The molecular formula is C19H19N3O2. The Kier molecular flexibility index (Phi) is 5.07. The summed E-state index contributed by atoms with van der Waals surface area (Å²) in [5.41, 5.74) is 1.86. The minimum atomic E-state index is -0.287. The van der Waals surface area contributed by atoms with E-state index in [4.69, 9.17) is 11.3 Å². The average Bonchev–Trinajstić information content (AvgIpc) is 2.67. The molecule has 1 unspecified atom stereocenters. The van der Waals surface area contributed by atoms with Crippen molar-refractivity contribution in [3.05, 3.63) is 71.2 Å². The van der Waals surface area contributed by atoms with Crippen LogP contribution in [0.3, 0.4) is 0 Å². The first-order chi connectivity index (χ1) is 11.8. The van der Waals surface area contributed by atoms with Crippen LogP contribution in [0.25, 0.3) is 4.85 Å². The fourth-order valence-electron chi connectivity index (χ4n) is 2.92. The smallest absolute Gasteiger partial charge is 0.410 e. The second kappa shape index (κ2) is 7.60. The van der Waals surface area contributed by atoms with E-state index < -0.39 is 0 Å². The minimum absolute atomic E-state index is 0.157. The summed E-state index contributed by atoms with van der Waals surface area (Å²) in [7, 11) is 0. The third-order valence-electron chi connectivity index (χ3n) is 4.17. The molecule has 1 aromatic heterocycles. The van der Waals surface area contributed by atoms with Gasteiger partial charge in [0.25, 0.3) is 5.82 Å². The Labute approximate surface area is 141 Å². The molecule has 0 saturated carbocycles. The van der Waals surface area contributed by atoms with Gasteiger partial charge in [-0.05, 0) is 30.5 Å². The van der Waals surface area contributed by atoms with E-state index in [-0.39, 0.29) is 18.6 Å². The Bertz CT molecular complexity index is 740. The van der Waals surface area contributed by atoms with E-state index in [0.717, 1.165) is 24.1 Å². The van der Waals surface area contributed by atoms with Gasteiger partial charge in [-0.2, -0.15) is 0 Å². The number of benzene rings is 1. The van der Waals surface area contributed by atoms with Crippen molar-refractivity contribution in [2.45, 2.75) is 25.4 Å². The third-order valence-corrected chi connectivity index (χ3v) is 4.17. The highest BCUT2D eigenvalue weighted by Gasteiger charge is 2.28. The van der Waals surface area contributed by atoms with E-state index in [9.17, 15) is 4.79 Å². The molecule has 122 valence electrons. The highest BCUT2D eigenvalue weighted by molar-refractivity contribution is 5.67. The molecule has 1 aliphatic heterocycles. The number of amides is 1. The van der Waals surface area contributed by atoms with Crippen molar-refractivity contribution in [3.8, 4) is 0 Å². The Balaban J connectivity index is 1.60. The lowest BCUT2D eigenvalue weighted by Crippen LogP contribution is -2.39. The lowest BCUT2D eigenvalue weighted by atomic mass is 9.94. The fraction of sp³-hybridized carbons (Fsp3) is 0.316. The number of pyridine rings is 1. The molecule has 5 heteroatoms. The summed E-state index contributed by atoms with van der Waals surface area (Å²) in [5, 5.41) is 0. The van der Waals surface area contributed by atoms with Crippen molar-refractivity contribution in [3.63, 3.8) is 0 Å². The molecule has 1 atom stereocenters. The lowest BCUT2D eigenvalue weighted by molar-refractivity contribution is 0.0856. The standard InChI is InChI=1S/C19H19N3O2/c1-20-18-11-5-10-17(21-18)16-9-6-12-22(13-16)19(23)24-14-15-7-3-2-4-8-15/h2-5,7-8,10-11,16H,6,9,12-14H2. The van der Waals surface area contributed by atoms with E-state index in [1.807, 2.05) is 42.5 Å². The minimum Gasteiger partial charge on any atom is -0.445 e. The van der Waals surface area contributed by atoms with Crippen molar-refractivity contribution >= 4 is 11.9 Å². The number of rotatable bonds is 3. The van der Waals surface area contributed by atoms with Gasteiger partial charge in [0.2, 0.25) is 0 Å². The number of nitrogens with zero attached hydrogens (tertiary/aromatic N) is 3. The molecule has 1 aliphatic rings. The van der Waals surface area contributed by atoms with Gasteiger partial charge in [0, 0.05) is 19.0 Å². The molecule has 5 nitrogen and oxygen atoms in total. The van der Waals surface area contributed by atoms with Gasteiger partial charge in [0.05, 0.1) is 0 Å². The van der Waals surface area contributed by atoms with Crippen molar-refractivity contribution in [2.75, 3.05) is 13.1 Å². The van der Waals surface area contributed by atoms with Gasteiger partial charge in [0.15, 0.2) is 0 Å². The Morgan fingerprint density at radius 1 is 1.25 bits per heavy atom. The molecule has 1 amide bonds. The summed E-state index contributed by atoms with van der Waals surface area (Å²) < 4.78 is 5.41. The number of hydrogen-bond acceptors (Lipinski definition) is 3. The second-order valence-electron chi connectivity index (χ2n) is 5.86. The summed E-state index contributed by atoms with van der Waals surface area (Å²) >= 11 is 0. The van der Waals surface area contributed by atoms with E-state index in [1.54, 1.807) is 11.0 Å². The maximum atomic E-state index is 12.3. The third kappa shape index (κ3) is 3.90. The van der Waals surface area contributed by atoms with Gasteiger partial charge in [-0.25, -0.2) is 4.79 Å². The zero-order valence-electron chi connectivity index (χ0n) is 13.4. The van der Waals surface area contributed by atoms with Gasteiger partial charge >= 0.3 is 6.09 Å². The molecule has 0 N–H and O–H groups in total. The number of aromatic nitrogens is 1. The summed E-state index contributed by atoms with van der Waals surface area (Å²) in [4.78, 5) is 21.8. The molecular weight excluding hydrogens is 302 g/mol. The molecule has 2 heterocycles. The van der Waals surface area contributed by atoms with Crippen LogP contribution in [0.5, 0.6) is 0 Å². The van der Waals surface area contributed by atoms with Gasteiger partial charge in [-0.3, -0.25) is 0 Å². The van der Waals surface area contributed by atoms with Crippen LogP contribution >= 0.6 is 0 Å². The van der Waals surface area contributed by atoms with Crippen LogP contribution in [0, 0.1) is 6.57 Å². The number of carbonyl (C=O) groups excluding carboxylic acids is 1. The number of hydrogen-bond donors (Lipinski definition) is 0. The van der Waals surface area contributed by atoms with Crippen molar-refractivity contribution in [1.29, 1.82) is 0 Å². The number of piperidine rings is 1. The summed E-state index contributed by atoms with van der Waals surface area (Å²) in [6.07, 6.45) is 1.59. The molecule has 1 fully saturated rings. The largest absolute Gasteiger partial charge is 0.445 e. The van der Waals surface area contributed by atoms with Crippen molar-refractivity contribution in [1.82, 2.24) is 9.88 Å². The Morgan fingerprint density at radius 2 is 2.08 bits per heavy atom.